The lowest BCUT2D eigenvalue weighted by Gasteiger charge is -2.12. The third-order valence-corrected chi connectivity index (χ3v) is 5.56. The Kier molecular flexibility index (Phi) is 8.11. The minimum absolute atomic E-state index is 0.0556. The number of methoxy groups -OCH3 is 2. The van der Waals surface area contributed by atoms with Gasteiger partial charge >= 0.3 is 5.97 Å². The van der Waals surface area contributed by atoms with Crippen LogP contribution in [-0.2, 0) is 20.7 Å². The molecule has 0 unspecified atom stereocenters. The first-order valence-corrected chi connectivity index (χ1v) is 10.8. The molecule has 3 aromatic rings. The topological polar surface area (TPSA) is 113 Å². The van der Waals surface area contributed by atoms with E-state index in [2.05, 4.69) is 31.0 Å². The molecule has 0 fully saturated rings. The van der Waals surface area contributed by atoms with Gasteiger partial charge in [0.15, 0.2) is 18.1 Å². The van der Waals surface area contributed by atoms with Crippen molar-refractivity contribution in [1.82, 2.24) is 10.3 Å². The van der Waals surface area contributed by atoms with E-state index < -0.39 is 11.9 Å². The molecule has 8 nitrogen and oxygen atoms in total. The summed E-state index contributed by atoms with van der Waals surface area (Å²) in [5.74, 6) is -0.360. The summed E-state index contributed by atoms with van der Waals surface area (Å²) in [5.41, 5.74) is 2.61. The predicted molar refractivity (Wildman–Crippen MR) is 127 cm³/mol. The number of halogens is 1. The van der Waals surface area contributed by atoms with Crippen molar-refractivity contribution < 1.29 is 23.8 Å². The standard InChI is InChI=1S/C24H22BrN3O5/c1-31-21-10-16(19(25)11-22(21)33-14-23(29)32-2)9-17(12-26)24(30)27-8-7-15-13-28-20-6-4-3-5-18(15)20/h3-6,9-11,13,28H,7-8,14H2,1-2H3,(H,27,30)/b17-9-. The molecule has 0 radical (unpaired) electrons. The fourth-order valence-electron chi connectivity index (χ4n) is 3.18. The Hall–Kier alpha value is -3.77. The van der Waals surface area contributed by atoms with Crippen molar-refractivity contribution in [1.29, 1.82) is 5.26 Å². The highest BCUT2D eigenvalue weighted by atomic mass is 79.9. The number of fused-ring (bicyclic) bond motifs is 1. The molecule has 1 heterocycles. The Morgan fingerprint density at radius 2 is 2.00 bits per heavy atom. The molecule has 0 spiro atoms. The van der Waals surface area contributed by atoms with Crippen molar-refractivity contribution in [3.05, 3.63) is 63.8 Å². The predicted octanol–water partition coefficient (Wildman–Crippen LogP) is 3.76. The molecule has 0 atom stereocenters. The highest BCUT2D eigenvalue weighted by Gasteiger charge is 2.14. The summed E-state index contributed by atoms with van der Waals surface area (Å²) in [4.78, 5) is 27.1. The second kappa shape index (κ2) is 11.2. The van der Waals surface area contributed by atoms with Gasteiger partial charge in [0, 0.05) is 28.1 Å². The second-order valence-corrected chi connectivity index (χ2v) is 7.78. The summed E-state index contributed by atoms with van der Waals surface area (Å²) in [7, 11) is 2.71. The normalized spacial score (nSPS) is 11.0. The number of hydrogen-bond donors (Lipinski definition) is 2. The van der Waals surface area contributed by atoms with E-state index in [0.29, 0.717) is 34.5 Å². The zero-order chi connectivity index (χ0) is 23.8. The van der Waals surface area contributed by atoms with Gasteiger partial charge in [0.25, 0.3) is 5.91 Å². The van der Waals surface area contributed by atoms with E-state index in [4.69, 9.17) is 9.47 Å². The minimum Gasteiger partial charge on any atom is -0.493 e. The van der Waals surface area contributed by atoms with Gasteiger partial charge in [0.2, 0.25) is 0 Å². The number of hydrogen-bond acceptors (Lipinski definition) is 6. The van der Waals surface area contributed by atoms with Gasteiger partial charge in [0.05, 0.1) is 14.2 Å². The number of carbonyl (C=O) groups excluding carboxylic acids is 2. The number of carbonyl (C=O) groups is 2. The highest BCUT2D eigenvalue weighted by molar-refractivity contribution is 9.10. The van der Waals surface area contributed by atoms with Crippen molar-refractivity contribution in [3.8, 4) is 17.6 Å². The van der Waals surface area contributed by atoms with E-state index in [1.165, 1.54) is 20.3 Å². The Labute approximate surface area is 199 Å². The lowest BCUT2D eigenvalue weighted by atomic mass is 10.1. The minimum atomic E-state index is -0.534. The van der Waals surface area contributed by atoms with Crippen LogP contribution in [-0.4, -0.2) is 44.2 Å². The summed E-state index contributed by atoms with van der Waals surface area (Å²) in [6.45, 7) is 0.0985. The van der Waals surface area contributed by atoms with Gasteiger partial charge in [-0.25, -0.2) is 4.79 Å². The molecule has 0 aliphatic heterocycles. The molecule has 33 heavy (non-hydrogen) atoms. The average Bonchev–Trinajstić information content (AvgIpc) is 3.24. The molecular formula is C24H22BrN3O5. The lowest BCUT2D eigenvalue weighted by molar-refractivity contribution is -0.142. The number of ether oxygens (including phenoxy) is 3. The maximum atomic E-state index is 12.6. The van der Waals surface area contributed by atoms with Crippen LogP contribution in [0.4, 0.5) is 0 Å². The Balaban J connectivity index is 1.70. The summed E-state index contributed by atoms with van der Waals surface area (Å²) in [6, 6.07) is 13.1. The van der Waals surface area contributed by atoms with Crippen LogP contribution < -0.4 is 14.8 Å². The van der Waals surface area contributed by atoms with Crippen LogP contribution >= 0.6 is 15.9 Å². The first kappa shape index (κ1) is 23.9. The molecule has 0 saturated heterocycles. The van der Waals surface area contributed by atoms with Crippen molar-refractivity contribution in [2.75, 3.05) is 27.4 Å². The molecule has 9 heteroatoms. The summed E-state index contributed by atoms with van der Waals surface area (Å²) >= 11 is 3.40. The van der Waals surface area contributed by atoms with Crippen molar-refractivity contribution >= 4 is 44.8 Å². The molecular weight excluding hydrogens is 490 g/mol. The van der Waals surface area contributed by atoms with Gasteiger partial charge < -0.3 is 24.5 Å². The van der Waals surface area contributed by atoms with Gasteiger partial charge in [-0.2, -0.15) is 5.26 Å². The number of para-hydroxylation sites is 1. The van der Waals surface area contributed by atoms with Gasteiger partial charge in [-0.05, 0) is 41.8 Å². The number of aromatic nitrogens is 1. The second-order valence-electron chi connectivity index (χ2n) is 6.92. The molecule has 2 aromatic carbocycles. The molecule has 3 rings (SSSR count). The monoisotopic (exact) mass is 511 g/mol. The van der Waals surface area contributed by atoms with Gasteiger partial charge in [-0.3, -0.25) is 4.79 Å². The maximum Gasteiger partial charge on any atom is 0.343 e. The van der Waals surface area contributed by atoms with Crippen LogP contribution in [0.25, 0.3) is 17.0 Å². The van der Waals surface area contributed by atoms with E-state index in [1.807, 2.05) is 36.5 Å². The van der Waals surface area contributed by atoms with E-state index >= 15 is 0 Å². The van der Waals surface area contributed by atoms with Crippen molar-refractivity contribution in [2.45, 2.75) is 6.42 Å². The first-order chi connectivity index (χ1) is 16.0. The number of nitriles is 1. The molecule has 2 N–H and O–H groups in total. The molecule has 1 amide bonds. The molecule has 170 valence electrons. The van der Waals surface area contributed by atoms with Crippen LogP contribution in [0.2, 0.25) is 0 Å². The molecule has 0 saturated carbocycles. The van der Waals surface area contributed by atoms with E-state index in [-0.39, 0.29) is 12.2 Å². The van der Waals surface area contributed by atoms with Crippen molar-refractivity contribution in [3.63, 3.8) is 0 Å². The lowest BCUT2D eigenvalue weighted by Crippen LogP contribution is -2.26. The Morgan fingerprint density at radius 3 is 2.73 bits per heavy atom. The molecule has 0 bridgehead atoms. The van der Waals surface area contributed by atoms with Gasteiger partial charge in [-0.1, -0.05) is 34.1 Å². The zero-order valence-corrected chi connectivity index (χ0v) is 19.7. The number of esters is 1. The summed E-state index contributed by atoms with van der Waals surface area (Å²) in [5, 5.41) is 13.4. The molecule has 0 aliphatic carbocycles. The quantitative estimate of drug-likeness (QED) is 0.257. The fourth-order valence-corrected chi connectivity index (χ4v) is 3.61. The number of nitrogens with one attached hydrogen (secondary N) is 2. The molecule has 1 aromatic heterocycles. The van der Waals surface area contributed by atoms with Crippen molar-refractivity contribution in [2.24, 2.45) is 0 Å². The highest BCUT2D eigenvalue weighted by Crippen LogP contribution is 2.34. The number of H-pyrrole nitrogens is 1. The number of nitrogens with zero attached hydrogens (tertiary/aromatic N) is 1. The van der Waals surface area contributed by atoms with Gasteiger partial charge in [0.1, 0.15) is 11.6 Å². The van der Waals surface area contributed by atoms with Crippen LogP contribution in [0.5, 0.6) is 11.5 Å². The van der Waals surface area contributed by atoms with E-state index in [0.717, 1.165) is 16.5 Å². The summed E-state index contributed by atoms with van der Waals surface area (Å²) in [6.07, 6.45) is 4.00. The largest absolute Gasteiger partial charge is 0.493 e. The smallest absolute Gasteiger partial charge is 0.343 e. The first-order valence-electron chi connectivity index (χ1n) is 9.99. The van der Waals surface area contributed by atoms with Crippen LogP contribution in [0.1, 0.15) is 11.1 Å². The number of amides is 1. The van der Waals surface area contributed by atoms with E-state index in [1.54, 1.807) is 12.1 Å². The maximum absolute atomic E-state index is 12.6. The van der Waals surface area contributed by atoms with Crippen LogP contribution in [0, 0.1) is 11.3 Å². The number of benzene rings is 2. The van der Waals surface area contributed by atoms with Crippen LogP contribution in [0.15, 0.2) is 52.6 Å². The number of aromatic amines is 1. The zero-order valence-electron chi connectivity index (χ0n) is 18.1. The summed E-state index contributed by atoms with van der Waals surface area (Å²) < 4.78 is 15.8. The Morgan fingerprint density at radius 1 is 1.21 bits per heavy atom. The fraction of sp³-hybridized carbons (Fsp3) is 0.208. The third-order valence-electron chi connectivity index (χ3n) is 4.88. The average molecular weight is 512 g/mol. The van der Waals surface area contributed by atoms with Gasteiger partial charge in [-0.15, -0.1) is 0 Å². The number of rotatable bonds is 9. The van der Waals surface area contributed by atoms with Crippen LogP contribution in [0.3, 0.4) is 0 Å². The SMILES string of the molecule is COC(=O)COc1cc(Br)c(/C=C(/C#N)C(=O)NCCc2c[nH]c3ccccc23)cc1OC. The Bertz CT molecular complexity index is 1240. The molecule has 0 aliphatic rings. The third kappa shape index (κ3) is 5.93. The van der Waals surface area contributed by atoms with E-state index in [9.17, 15) is 14.9 Å².